The highest BCUT2D eigenvalue weighted by Crippen LogP contribution is 2.38. The van der Waals surface area contributed by atoms with Crippen molar-refractivity contribution in [1.29, 1.82) is 0 Å². The number of nitrogens with zero attached hydrogens (tertiary/aromatic N) is 3. The van der Waals surface area contributed by atoms with E-state index in [4.69, 9.17) is 14.5 Å². The van der Waals surface area contributed by atoms with Crippen LogP contribution in [0.1, 0.15) is 25.2 Å². The Morgan fingerprint density at radius 1 is 1.12 bits per heavy atom. The van der Waals surface area contributed by atoms with Crippen molar-refractivity contribution in [2.45, 2.75) is 26.6 Å². The Morgan fingerprint density at radius 3 is 2.52 bits per heavy atom. The van der Waals surface area contributed by atoms with E-state index in [2.05, 4.69) is 30.9 Å². The summed E-state index contributed by atoms with van der Waals surface area (Å²) in [6, 6.07) is 18.0. The van der Waals surface area contributed by atoms with Crippen LogP contribution >= 0.6 is 11.8 Å². The number of hydrogen-bond acceptors (Lipinski definition) is 6. The highest BCUT2D eigenvalue weighted by molar-refractivity contribution is 8.13. The predicted octanol–water partition coefficient (Wildman–Crippen LogP) is 5.95. The lowest BCUT2D eigenvalue weighted by Gasteiger charge is -2.38. The summed E-state index contributed by atoms with van der Waals surface area (Å²) >= 11 is 1.64. The van der Waals surface area contributed by atoms with Crippen LogP contribution in [0.25, 0.3) is 11.3 Å². The van der Waals surface area contributed by atoms with Crippen LogP contribution in [0.2, 0.25) is 0 Å². The molecule has 3 aromatic rings. The molecule has 2 atom stereocenters. The fourth-order valence-corrected chi connectivity index (χ4v) is 4.68. The molecule has 1 aliphatic heterocycles. The molecule has 1 aromatic heterocycles. The number of allylic oxidation sites excluding steroid dienone is 1. The summed E-state index contributed by atoms with van der Waals surface area (Å²) in [5.74, 6) is 1.11. The third-order valence-electron chi connectivity index (χ3n) is 5.81. The van der Waals surface area contributed by atoms with Gasteiger partial charge in [0.25, 0.3) is 0 Å². The van der Waals surface area contributed by atoms with Gasteiger partial charge in [-0.25, -0.2) is 14.4 Å². The van der Waals surface area contributed by atoms with Crippen LogP contribution in [-0.4, -0.2) is 28.5 Å². The Balaban J connectivity index is 1.60. The normalized spacial score (nSPS) is 18.5. The molecule has 4 rings (SSSR count). The molecule has 2 aromatic carbocycles. The third-order valence-corrected chi connectivity index (χ3v) is 6.58. The van der Waals surface area contributed by atoms with Crippen molar-refractivity contribution in [2.75, 3.05) is 6.26 Å². The van der Waals surface area contributed by atoms with Crippen LogP contribution in [0.5, 0.6) is 0 Å². The van der Waals surface area contributed by atoms with Gasteiger partial charge < -0.3 is 4.52 Å². The van der Waals surface area contributed by atoms with Crippen molar-refractivity contribution in [2.24, 2.45) is 21.3 Å². The topological polar surface area (TPSA) is 62.8 Å². The summed E-state index contributed by atoms with van der Waals surface area (Å²) in [5, 5.41) is 8.69. The first-order valence-electron chi connectivity index (χ1n) is 10.8. The number of halogens is 1. The number of rotatable bonds is 7. The molecule has 0 aliphatic carbocycles. The van der Waals surface area contributed by atoms with Gasteiger partial charge >= 0.3 is 0 Å². The SMILES string of the molecule is C=CC(C)(C)C1C(SC)=NC(c2ccccc2)=NC1NCc1cc(-c2ccc(F)cc2)no1. The van der Waals surface area contributed by atoms with Crippen molar-refractivity contribution in [3.05, 3.63) is 90.5 Å². The van der Waals surface area contributed by atoms with Gasteiger partial charge in [-0.05, 0) is 35.9 Å². The van der Waals surface area contributed by atoms with E-state index in [1.807, 2.05) is 48.7 Å². The van der Waals surface area contributed by atoms with Gasteiger partial charge in [-0.1, -0.05) is 55.4 Å². The first-order valence-corrected chi connectivity index (χ1v) is 12.0. The number of aromatic nitrogens is 1. The van der Waals surface area contributed by atoms with Crippen molar-refractivity contribution in [1.82, 2.24) is 10.5 Å². The third kappa shape index (κ3) is 5.15. The molecule has 0 spiro atoms. The van der Waals surface area contributed by atoms with E-state index < -0.39 is 0 Å². The number of thioether (sulfide) groups is 1. The molecule has 33 heavy (non-hydrogen) atoms. The van der Waals surface area contributed by atoms with Crippen LogP contribution in [0.3, 0.4) is 0 Å². The maximum atomic E-state index is 13.2. The van der Waals surface area contributed by atoms with Crippen molar-refractivity contribution in [3.8, 4) is 11.3 Å². The highest BCUT2D eigenvalue weighted by atomic mass is 32.2. The Kier molecular flexibility index (Phi) is 6.91. The molecule has 2 heterocycles. The lowest BCUT2D eigenvalue weighted by Crippen LogP contribution is -2.47. The number of amidine groups is 1. The van der Waals surface area contributed by atoms with Gasteiger partial charge in [0.1, 0.15) is 17.7 Å². The van der Waals surface area contributed by atoms with E-state index in [9.17, 15) is 4.39 Å². The second kappa shape index (κ2) is 9.85. The zero-order chi connectivity index (χ0) is 23.4. The first-order chi connectivity index (χ1) is 15.9. The van der Waals surface area contributed by atoms with Crippen molar-refractivity contribution >= 4 is 22.6 Å². The highest BCUT2D eigenvalue weighted by Gasteiger charge is 2.40. The summed E-state index contributed by atoms with van der Waals surface area (Å²) < 4.78 is 18.8. The van der Waals surface area contributed by atoms with E-state index in [1.54, 1.807) is 23.9 Å². The summed E-state index contributed by atoms with van der Waals surface area (Å²) in [7, 11) is 0. The maximum Gasteiger partial charge on any atom is 0.157 e. The second-order valence-electron chi connectivity index (χ2n) is 8.49. The Bertz CT molecular complexity index is 1170. The molecular formula is C26H27FN4OS. The van der Waals surface area contributed by atoms with E-state index >= 15 is 0 Å². The molecule has 0 fully saturated rings. The van der Waals surface area contributed by atoms with E-state index in [0.717, 1.165) is 16.2 Å². The average molecular weight is 463 g/mol. The Labute approximate surface area is 197 Å². The minimum absolute atomic E-state index is 0.0111. The van der Waals surface area contributed by atoms with Gasteiger partial charge in [0.15, 0.2) is 11.6 Å². The van der Waals surface area contributed by atoms with Gasteiger partial charge in [0.2, 0.25) is 0 Å². The average Bonchev–Trinajstić information content (AvgIpc) is 3.32. The van der Waals surface area contributed by atoms with Gasteiger partial charge in [0.05, 0.1) is 17.5 Å². The monoisotopic (exact) mass is 462 g/mol. The molecule has 5 nitrogen and oxygen atoms in total. The fraction of sp³-hybridized carbons (Fsp3) is 0.269. The molecule has 0 amide bonds. The largest absolute Gasteiger partial charge is 0.359 e. The van der Waals surface area contributed by atoms with E-state index in [0.29, 0.717) is 23.8 Å². The Hall–Kier alpha value is -3.03. The minimum Gasteiger partial charge on any atom is -0.359 e. The lowest BCUT2D eigenvalue weighted by atomic mass is 9.77. The quantitative estimate of drug-likeness (QED) is 0.441. The second-order valence-corrected chi connectivity index (χ2v) is 9.31. The molecule has 0 bridgehead atoms. The maximum absolute atomic E-state index is 13.2. The molecule has 1 N–H and O–H groups in total. The summed E-state index contributed by atoms with van der Waals surface area (Å²) in [5.41, 5.74) is 2.21. The molecular weight excluding hydrogens is 435 g/mol. The molecule has 2 unspecified atom stereocenters. The van der Waals surface area contributed by atoms with E-state index in [1.165, 1.54) is 12.1 Å². The first kappa shape index (κ1) is 23.1. The molecule has 0 saturated heterocycles. The van der Waals surface area contributed by atoms with Crippen LogP contribution in [0.15, 0.2) is 87.8 Å². The lowest BCUT2D eigenvalue weighted by molar-refractivity contribution is 0.274. The van der Waals surface area contributed by atoms with Gasteiger partial charge in [-0.2, -0.15) is 0 Å². The van der Waals surface area contributed by atoms with Gasteiger partial charge in [-0.15, -0.1) is 18.3 Å². The van der Waals surface area contributed by atoms with Gasteiger partial charge in [0, 0.05) is 17.2 Å². The van der Waals surface area contributed by atoms with E-state index in [-0.39, 0.29) is 23.3 Å². The molecule has 7 heteroatoms. The molecule has 0 radical (unpaired) electrons. The number of aliphatic imine (C=N–C) groups is 2. The molecule has 0 saturated carbocycles. The molecule has 170 valence electrons. The predicted molar refractivity (Wildman–Crippen MR) is 134 cm³/mol. The standard InChI is InChI=1S/C26H27FN4OS/c1-5-26(2,3)22-24(29-23(30-25(22)33-4)18-9-7-6-8-10-18)28-16-20-15-21(31-32-20)17-11-13-19(27)14-12-17/h5-15,22,24,28H,1,16H2,2-4H3. The van der Waals surface area contributed by atoms with Crippen LogP contribution in [-0.2, 0) is 6.54 Å². The van der Waals surface area contributed by atoms with Crippen LogP contribution < -0.4 is 5.32 Å². The zero-order valence-electron chi connectivity index (χ0n) is 19.0. The fourth-order valence-electron chi connectivity index (χ4n) is 3.82. The number of hydrogen-bond donors (Lipinski definition) is 1. The number of nitrogens with one attached hydrogen (secondary N) is 1. The summed E-state index contributed by atoms with van der Waals surface area (Å²) in [6.07, 6.45) is 3.77. The smallest absolute Gasteiger partial charge is 0.157 e. The van der Waals surface area contributed by atoms with Gasteiger partial charge in [-0.3, -0.25) is 5.32 Å². The van der Waals surface area contributed by atoms with Crippen molar-refractivity contribution in [3.63, 3.8) is 0 Å². The van der Waals surface area contributed by atoms with Crippen LogP contribution in [0, 0.1) is 17.2 Å². The minimum atomic E-state index is -0.282. The molecule has 1 aliphatic rings. The summed E-state index contributed by atoms with van der Waals surface area (Å²) in [6.45, 7) is 8.79. The van der Waals surface area contributed by atoms with Crippen molar-refractivity contribution < 1.29 is 8.91 Å². The number of benzene rings is 2. The summed E-state index contributed by atoms with van der Waals surface area (Å²) in [4.78, 5) is 9.89. The Morgan fingerprint density at radius 2 is 1.85 bits per heavy atom. The van der Waals surface area contributed by atoms with Crippen LogP contribution in [0.4, 0.5) is 4.39 Å². The zero-order valence-corrected chi connectivity index (χ0v) is 19.8.